The minimum Gasteiger partial charge on any atom is -0.467 e. The summed E-state index contributed by atoms with van der Waals surface area (Å²) in [5.74, 6) is -0.358. The molecular formula is C21H23N3O5. The first kappa shape index (κ1) is 19.2. The van der Waals surface area contributed by atoms with Gasteiger partial charge in [-0.15, -0.1) is 0 Å². The zero-order valence-electron chi connectivity index (χ0n) is 16.2. The van der Waals surface area contributed by atoms with E-state index in [1.54, 1.807) is 29.2 Å². The first-order chi connectivity index (χ1) is 14.0. The van der Waals surface area contributed by atoms with Crippen LogP contribution in [0.2, 0.25) is 0 Å². The topological polar surface area (TPSA) is 101 Å². The van der Waals surface area contributed by atoms with Crippen molar-refractivity contribution in [2.45, 2.75) is 44.2 Å². The number of likely N-dealkylation sites (tertiary alicyclic amines) is 1. The molecule has 3 atom stereocenters. The van der Waals surface area contributed by atoms with Crippen LogP contribution < -0.4 is 11.1 Å². The van der Waals surface area contributed by atoms with Crippen LogP contribution in [0.3, 0.4) is 0 Å². The molecule has 0 bridgehead atoms. The van der Waals surface area contributed by atoms with E-state index in [-0.39, 0.29) is 11.9 Å². The molecule has 2 fully saturated rings. The van der Waals surface area contributed by atoms with Gasteiger partial charge in [-0.05, 0) is 43.4 Å². The van der Waals surface area contributed by atoms with Crippen molar-refractivity contribution in [1.29, 1.82) is 0 Å². The molecule has 1 amide bonds. The van der Waals surface area contributed by atoms with Crippen molar-refractivity contribution in [3.63, 3.8) is 0 Å². The van der Waals surface area contributed by atoms with Crippen molar-refractivity contribution in [3.8, 4) is 5.69 Å². The predicted octanol–water partition coefficient (Wildman–Crippen LogP) is 1.47. The first-order valence-corrected chi connectivity index (χ1v) is 9.83. The second-order valence-corrected chi connectivity index (χ2v) is 7.63. The Kier molecular flexibility index (Phi) is 5.08. The number of esters is 1. The SMILES string of the molecule is COC(=O)[C@@H]1C[C@@H]2CCCC[C@@H]2N1C(=O)c1cccc(-n2[nH]c(=O)ccc2=O)c1. The third-order valence-electron chi connectivity index (χ3n) is 5.97. The van der Waals surface area contributed by atoms with E-state index < -0.39 is 23.1 Å². The molecule has 29 heavy (non-hydrogen) atoms. The third kappa shape index (κ3) is 3.50. The van der Waals surface area contributed by atoms with Gasteiger partial charge in [-0.1, -0.05) is 18.9 Å². The van der Waals surface area contributed by atoms with Crippen LogP contribution in [0.25, 0.3) is 5.69 Å². The Hall–Kier alpha value is -3.16. The molecule has 0 unspecified atom stereocenters. The summed E-state index contributed by atoms with van der Waals surface area (Å²) in [6, 6.07) is 8.26. The van der Waals surface area contributed by atoms with Crippen molar-refractivity contribution in [3.05, 3.63) is 62.7 Å². The van der Waals surface area contributed by atoms with Crippen LogP contribution in [-0.2, 0) is 9.53 Å². The number of fused-ring (bicyclic) bond motifs is 1. The zero-order chi connectivity index (χ0) is 20.5. The lowest BCUT2D eigenvalue weighted by molar-refractivity contribution is -0.145. The molecule has 1 aliphatic carbocycles. The number of H-pyrrole nitrogens is 1. The summed E-state index contributed by atoms with van der Waals surface area (Å²) in [6.07, 6.45) is 4.63. The highest BCUT2D eigenvalue weighted by molar-refractivity contribution is 5.98. The maximum Gasteiger partial charge on any atom is 0.328 e. The van der Waals surface area contributed by atoms with Crippen LogP contribution >= 0.6 is 0 Å². The molecule has 152 valence electrons. The largest absolute Gasteiger partial charge is 0.467 e. The third-order valence-corrected chi connectivity index (χ3v) is 5.97. The summed E-state index contributed by atoms with van der Waals surface area (Å²) in [5.41, 5.74) is -0.0846. The fourth-order valence-corrected chi connectivity index (χ4v) is 4.64. The second kappa shape index (κ2) is 7.69. The molecular weight excluding hydrogens is 374 g/mol. The van der Waals surface area contributed by atoms with Gasteiger partial charge in [0.25, 0.3) is 17.0 Å². The van der Waals surface area contributed by atoms with Crippen molar-refractivity contribution in [2.24, 2.45) is 5.92 Å². The zero-order valence-corrected chi connectivity index (χ0v) is 16.2. The van der Waals surface area contributed by atoms with Gasteiger partial charge in [-0.2, -0.15) is 0 Å². The number of aromatic nitrogens is 2. The van der Waals surface area contributed by atoms with Gasteiger partial charge in [-0.25, -0.2) is 9.48 Å². The standard InChI is InChI=1S/C21H23N3O5/c1-29-21(28)17-12-13-5-2-3-8-16(13)23(17)20(27)14-6-4-7-15(11-14)24-19(26)10-9-18(25)22-24/h4,6-7,9-11,13,16-17H,2-3,5,8,12H2,1H3,(H,22,25)/t13-,16-,17-/m0/s1. The van der Waals surface area contributed by atoms with Crippen LogP contribution in [-0.4, -0.2) is 45.8 Å². The van der Waals surface area contributed by atoms with Gasteiger partial charge in [0.1, 0.15) is 6.04 Å². The number of carbonyl (C=O) groups excluding carboxylic acids is 2. The van der Waals surface area contributed by atoms with Crippen molar-refractivity contribution in [1.82, 2.24) is 14.7 Å². The monoisotopic (exact) mass is 397 g/mol. The minimum atomic E-state index is -0.594. The lowest BCUT2D eigenvalue weighted by Crippen LogP contribution is -2.46. The minimum absolute atomic E-state index is 0.0169. The predicted molar refractivity (Wildman–Crippen MR) is 105 cm³/mol. The van der Waals surface area contributed by atoms with Gasteiger partial charge < -0.3 is 9.64 Å². The molecule has 0 spiro atoms. The summed E-state index contributed by atoms with van der Waals surface area (Å²) in [6.45, 7) is 0. The molecule has 2 heterocycles. The van der Waals surface area contributed by atoms with Crippen LogP contribution in [0.4, 0.5) is 0 Å². The van der Waals surface area contributed by atoms with E-state index in [2.05, 4.69) is 5.10 Å². The Labute approximate surface area is 167 Å². The molecule has 8 heteroatoms. The van der Waals surface area contributed by atoms with E-state index >= 15 is 0 Å². The van der Waals surface area contributed by atoms with Crippen molar-refractivity contribution in [2.75, 3.05) is 7.11 Å². The number of hydrogen-bond donors (Lipinski definition) is 1. The molecule has 1 aromatic carbocycles. The second-order valence-electron chi connectivity index (χ2n) is 7.63. The molecule has 4 rings (SSSR count). The molecule has 2 aromatic rings. The quantitative estimate of drug-likeness (QED) is 0.791. The number of methoxy groups -OCH3 is 1. The molecule has 2 aliphatic rings. The van der Waals surface area contributed by atoms with Gasteiger partial charge in [-0.3, -0.25) is 19.5 Å². The number of benzene rings is 1. The maximum absolute atomic E-state index is 13.4. The maximum atomic E-state index is 13.4. The van der Waals surface area contributed by atoms with E-state index in [1.165, 1.54) is 13.2 Å². The number of nitrogens with zero attached hydrogens (tertiary/aromatic N) is 2. The van der Waals surface area contributed by atoms with Gasteiger partial charge >= 0.3 is 5.97 Å². The number of rotatable bonds is 3. The van der Waals surface area contributed by atoms with Crippen LogP contribution in [0.5, 0.6) is 0 Å². The molecule has 8 nitrogen and oxygen atoms in total. The Morgan fingerprint density at radius 1 is 1.10 bits per heavy atom. The molecule has 1 saturated carbocycles. The normalized spacial score (nSPS) is 23.5. The van der Waals surface area contributed by atoms with Crippen LogP contribution in [0.15, 0.2) is 46.0 Å². The number of hydrogen-bond acceptors (Lipinski definition) is 5. The summed E-state index contributed by atoms with van der Waals surface area (Å²) in [4.78, 5) is 51.2. The van der Waals surface area contributed by atoms with Crippen molar-refractivity contribution < 1.29 is 14.3 Å². The fourth-order valence-electron chi connectivity index (χ4n) is 4.64. The smallest absolute Gasteiger partial charge is 0.328 e. The number of amides is 1. The summed E-state index contributed by atoms with van der Waals surface area (Å²) < 4.78 is 6.06. The Morgan fingerprint density at radius 2 is 1.90 bits per heavy atom. The Bertz CT molecular complexity index is 1060. The summed E-state index contributed by atoms with van der Waals surface area (Å²) in [5, 5.41) is 2.46. The van der Waals surface area contributed by atoms with Crippen molar-refractivity contribution >= 4 is 11.9 Å². The van der Waals surface area contributed by atoms with E-state index in [1.807, 2.05) is 0 Å². The van der Waals surface area contributed by atoms with Gasteiger partial charge in [0.2, 0.25) is 0 Å². The first-order valence-electron chi connectivity index (χ1n) is 9.83. The number of ether oxygens (including phenoxy) is 1. The van der Waals surface area contributed by atoms with Gasteiger partial charge in [0.05, 0.1) is 12.8 Å². The molecule has 0 radical (unpaired) electrons. The number of carbonyl (C=O) groups is 2. The Morgan fingerprint density at radius 3 is 2.69 bits per heavy atom. The lowest BCUT2D eigenvalue weighted by Gasteiger charge is -2.33. The molecule has 1 N–H and O–H groups in total. The average molecular weight is 397 g/mol. The van der Waals surface area contributed by atoms with E-state index in [0.717, 1.165) is 36.4 Å². The highest BCUT2D eigenvalue weighted by Gasteiger charge is 2.48. The molecule has 1 aromatic heterocycles. The Balaban J connectivity index is 1.71. The van der Waals surface area contributed by atoms with Crippen LogP contribution in [0, 0.1) is 5.92 Å². The van der Waals surface area contributed by atoms with E-state index in [0.29, 0.717) is 23.6 Å². The highest BCUT2D eigenvalue weighted by Crippen LogP contribution is 2.40. The fraction of sp³-hybridized carbons (Fsp3) is 0.429. The number of nitrogens with one attached hydrogen (secondary N) is 1. The van der Waals surface area contributed by atoms with E-state index in [4.69, 9.17) is 4.74 Å². The van der Waals surface area contributed by atoms with Crippen LogP contribution in [0.1, 0.15) is 42.5 Å². The number of aromatic amines is 1. The highest BCUT2D eigenvalue weighted by atomic mass is 16.5. The molecule has 1 aliphatic heterocycles. The summed E-state index contributed by atoms with van der Waals surface area (Å²) >= 11 is 0. The lowest BCUT2D eigenvalue weighted by atomic mass is 9.84. The van der Waals surface area contributed by atoms with Gasteiger partial charge in [0, 0.05) is 23.7 Å². The summed E-state index contributed by atoms with van der Waals surface area (Å²) in [7, 11) is 1.34. The van der Waals surface area contributed by atoms with E-state index in [9.17, 15) is 19.2 Å². The van der Waals surface area contributed by atoms with Gasteiger partial charge in [0.15, 0.2) is 0 Å². The average Bonchev–Trinajstić information content (AvgIpc) is 3.14. The molecule has 1 saturated heterocycles.